The summed E-state index contributed by atoms with van der Waals surface area (Å²) in [5.41, 5.74) is 7.72. The predicted octanol–water partition coefficient (Wildman–Crippen LogP) is 10.6. The second-order valence-electron chi connectivity index (χ2n) is 13.8. The van der Waals surface area contributed by atoms with Gasteiger partial charge in [-0.2, -0.15) is 0 Å². The van der Waals surface area contributed by atoms with E-state index in [2.05, 4.69) is 69.3 Å². The van der Waals surface area contributed by atoms with E-state index in [1.165, 1.54) is 70.2 Å². The van der Waals surface area contributed by atoms with Crippen LogP contribution in [0.15, 0.2) is 60.6 Å². The van der Waals surface area contributed by atoms with E-state index >= 15 is 0 Å². The summed E-state index contributed by atoms with van der Waals surface area (Å²) in [5.74, 6) is 0.547. The van der Waals surface area contributed by atoms with Gasteiger partial charge in [0.15, 0.2) is 5.78 Å². The van der Waals surface area contributed by atoms with Gasteiger partial charge in [0.1, 0.15) is 6.33 Å². The summed E-state index contributed by atoms with van der Waals surface area (Å²) < 4.78 is 0. The van der Waals surface area contributed by atoms with Gasteiger partial charge in [0.05, 0.1) is 11.3 Å². The maximum Gasteiger partial charge on any atom is 0.162 e. The summed E-state index contributed by atoms with van der Waals surface area (Å²) in [7, 11) is 0. The zero-order valence-electron chi connectivity index (χ0n) is 28.1. The van der Waals surface area contributed by atoms with Crippen molar-refractivity contribution in [2.24, 2.45) is 11.8 Å². The fourth-order valence-electron chi connectivity index (χ4n) is 7.49. The normalized spacial score (nSPS) is 15.3. The molecule has 4 nitrogen and oxygen atoms in total. The molecule has 5 heteroatoms. The maximum absolute atomic E-state index is 11.7. The van der Waals surface area contributed by atoms with E-state index in [4.69, 9.17) is 9.97 Å². The number of nitrogens with zero attached hydrogens (tertiary/aromatic N) is 2. The average molecular weight is 782 g/mol. The molecular formula is C40H49IrN2O2-. The Morgan fingerprint density at radius 1 is 0.978 bits per heavy atom. The maximum atomic E-state index is 11.7. The van der Waals surface area contributed by atoms with Crippen LogP contribution in [0.5, 0.6) is 0 Å². The molecule has 2 aliphatic carbocycles. The van der Waals surface area contributed by atoms with Crippen LogP contribution >= 0.6 is 0 Å². The quantitative estimate of drug-likeness (QED) is 0.115. The van der Waals surface area contributed by atoms with Crippen molar-refractivity contribution >= 4 is 27.5 Å². The van der Waals surface area contributed by atoms with Crippen molar-refractivity contribution in [1.29, 1.82) is 0 Å². The molecule has 1 saturated carbocycles. The molecule has 6 rings (SSSR count). The molecule has 2 aliphatic rings. The van der Waals surface area contributed by atoms with Crippen LogP contribution in [0.3, 0.4) is 0 Å². The summed E-state index contributed by atoms with van der Waals surface area (Å²) >= 11 is 0. The molecule has 0 bridgehead atoms. The number of aromatic nitrogens is 2. The van der Waals surface area contributed by atoms with Gasteiger partial charge in [-0.15, -0.1) is 23.3 Å². The third-order valence-electron chi connectivity index (χ3n) is 10.2. The molecule has 1 N–H and O–H groups in total. The second kappa shape index (κ2) is 14.3. The van der Waals surface area contributed by atoms with Crippen molar-refractivity contribution in [2.45, 2.75) is 111 Å². The Bertz CT molecular complexity index is 1690. The molecule has 1 heterocycles. The van der Waals surface area contributed by atoms with Gasteiger partial charge < -0.3 is 5.11 Å². The first-order chi connectivity index (χ1) is 21.1. The molecule has 241 valence electrons. The summed E-state index contributed by atoms with van der Waals surface area (Å²) in [4.78, 5) is 21.2. The van der Waals surface area contributed by atoms with Crippen molar-refractivity contribution in [3.05, 3.63) is 83.4 Å². The van der Waals surface area contributed by atoms with Crippen LogP contribution in [0, 0.1) is 17.9 Å². The smallest absolute Gasteiger partial charge is 0.162 e. The number of hydrogen-bond donors (Lipinski definition) is 1. The molecule has 1 spiro atoms. The number of hydrogen-bond acceptors (Lipinski definition) is 4. The van der Waals surface area contributed by atoms with E-state index in [1.54, 1.807) is 6.33 Å². The number of fused-ring (bicyclic) bond motifs is 6. The van der Waals surface area contributed by atoms with Gasteiger partial charge in [0.25, 0.3) is 0 Å². The Kier molecular flexibility index (Phi) is 11.1. The van der Waals surface area contributed by atoms with Crippen LogP contribution < -0.4 is 0 Å². The molecule has 45 heavy (non-hydrogen) atoms. The first-order valence-corrected chi connectivity index (χ1v) is 16.8. The molecule has 0 aliphatic heterocycles. The predicted molar refractivity (Wildman–Crippen MR) is 183 cm³/mol. The summed E-state index contributed by atoms with van der Waals surface area (Å²) in [6.07, 6.45) is 11.6. The van der Waals surface area contributed by atoms with Crippen LogP contribution in [-0.4, -0.2) is 20.9 Å². The molecule has 1 aromatic heterocycles. The summed E-state index contributed by atoms with van der Waals surface area (Å²) in [5, 5.41) is 13.6. The van der Waals surface area contributed by atoms with Gasteiger partial charge in [-0.05, 0) is 77.6 Å². The molecule has 1 fully saturated rings. The summed E-state index contributed by atoms with van der Waals surface area (Å²) in [6.45, 7) is 15.0. The molecular weight excluding hydrogens is 733 g/mol. The van der Waals surface area contributed by atoms with Crippen LogP contribution in [0.2, 0.25) is 0 Å². The largest absolute Gasteiger partial charge is 0.512 e. The zero-order chi connectivity index (χ0) is 31.6. The van der Waals surface area contributed by atoms with E-state index in [-0.39, 0.29) is 54.3 Å². The van der Waals surface area contributed by atoms with Gasteiger partial charge in [-0.3, -0.25) is 9.78 Å². The second-order valence-corrected chi connectivity index (χ2v) is 13.8. The minimum Gasteiger partial charge on any atom is -0.512 e. The Balaban J connectivity index is 0.000000249. The fraction of sp³-hybridized carbons (Fsp3) is 0.475. The minimum absolute atomic E-state index is 0. The van der Waals surface area contributed by atoms with Crippen LogP contribution in [0.25, 0.3) is 32.9 Å². The minimum atomic E-state index is 0. The number of rotatable bonds is 7. The number of carbonyl (C=O) groups is 1. The zero-order valence-corrected chi connectivity index (χ0v) is 30.5. The van der Waals surface area contributed by atoms with Crippen molar-refractivity contribution in [3.63, 3.8) is 0 Å². The van der Waals surface area contributed by atoms with E-state index in [0.29, 0.717) is 0 Å². The molecule has 0 atom stereocenters. The topological polar surface area (TPSA) is 63.1 Å². The van der Waals surface area contributed by atoms with Crippen molar-refractivity contribution in [3.8, 4) is 11.3 Å². The van der Waals surface area contributed by atoms with E-state index < -0.39 is 0 Å². The monoisotopic (exact) mass is 782 g/mol. The third kappa shape index (κ3) is 6.54. The molecule has 0 amide bonds. The van der Waals surface area contributed by atoms with Gasteiger partial charge in [0.2, 0.25) is 0 Å². The fourth-order valence-corrected chi connectivity index (χ4v) is 7.49. The van der Waals surface area contributed by atoms with Gasteiger partial charge in [0, 0.05) is 38.0 Å². The van der Waals surface area contributed by atoms with E-state index in [0.717, 1.165) is 36.9 Å². The molecule has 0 saturated heterocycles. The Labute approximate surface area is 283 Å². The van der Waals surface area contributed by atoms with E-state index in [1.807, 2.05) is 27.7 Å². The molecule has 0 unspecified atom stereocenters. The van der Waals surface area contributed by atoms with Crippen molar-refractivity contribution < 1.29 is 30.0 Å². The van der Waals surface area contributed by atoms with Crippen LogP contribution in [0.4, 0.5) is 0 Å². The first-order valence-electron chi connectivity index (χ1n) is 16.8. The number of carbonyl (C=O) groups excluding carboxylic acids is 1. The number of benzene rings is 3. The number of allylic oxidation sites excluding steroid dienone is 2. The van der Waals surface area contributed by atoms with Gasteiger partial charge >= 0.3 is 0 Å². The third-order valence-corrected chi connectivity index (χ3v) is 10.2. The molecule has 4 aromatic rings. The van der Waals surface area contributed by atoms with Gasteiger partial charge in [-0.1, -0.05) is 102 Å². The van der Waals surface area contributed by atoms with Gasteiger partial charge in [-0.25, -0.2) is 4.98 Å². The Morgan fingerprint density at radius 2 is 1.62 bits per heavy atom. The average Bonchev–Trinajstić information content (AvgIpc) is 3.50. The van der Waals surface area contributed by atoms with Crippen LogP contribution in [-0.2, 0) is 35.7 Å². The Hall–Kier alpha value is -2.88. The standard InChI is InChI=1S/C27H25N2.C13H24O2.Ir/c1-26(2,3)18-14-21-23-22(15-18)28-16-29-25(23)20-11-10-17-8-4-5-9-19(17)24(20)27(21)12-6-7-13-27;1-5-10(6-2)12(14)9-13(15)11(7-3)8-4;/h4-5,8-10,14-16H,6-7,12-13H2,1-3H3;9-11,14H,5-8H2,1-4H3;/q-1;;/b;12-9-;. The number of ketones is 1. The summed E-state index contributed by atoms with van der Waals surface area (Å²) in [6, 6.07) is 19.3. The Morgan fingerprint density at radius 3 is 2.24 bits per heavy atom. The molecule has 3 aromatic carbocycles. The molecule has 1 radical (unpaired) electrons. The SMILES string of the molecule is CC(C)(C)c1cc2c3c(ncnc3c1)-c1[c-]cc3ccccc3c1C21CCCC1.CCC(CC)C(=O)/C=C(\O)C(CC)CC.[Ir]. The number of aliphatic hydroxyl groups excluding tert-OH is 1. The van der Waals surface area contributed by atoms with Crippen molar-refractivity contribution in [1.82, 2.24) is 9.97 Å². The first kappa shape index (κ1) is 35.0. The van der Waals surface area contributed by atoms with Crippen molar-refractivity contribution in [2.75, 3.05) is 0 Å². The van der Waals surface area contributed by atoms with Crippen LogP contribution in [0.1, 0.15) is 117 Å². The number of aliphatic hydroxyl groups is 1. The van der Waals surface area contributed by atoms with E-state index in [9.17, 15) is 9.90 Å².